The number of fused-ring (bicyclic) bond motifs is 3. The molecule has 34 heavy (non-hydrogen) atoms. The van der Waals surface area contributed by atoms with Gasteiger partial charge in [0.25, 0.3) is 15.6 Å². The van der Waals surface area contributed by atoms with E-state index in [2.05, 4.69) is 14.7 Å². The average molecular weight is 486 g/mol. The molecule has 2 aromatic carbocycles. The smallest absolute Gasteiger partial charge is 0.338 e. The molecule has 0 aliphatic carbocycles. The number of carbonyl (C=O) groups excluding carboxylic acids is 1. The van der Waals surface area contributed by atoms with Crippen LogP contribution in [-0.4, -0.2) is 42.0 Å². The summed E-state index contributed by atoms with van der Waals surface area (Å²) >= 11 is 0. The summed E-state index contributed by atoms with van der Waals surface area (Å²) in [6, 6.07) is 12.2. The first kappa shape index (κ1) is 24.5. The molecule has 0 atom stereocenters. The maximum Gasteiger partial charge on any atom is 0.338 e. The van der Waals surface area contributed by atoms with Gasteiger partial charge in [-0.1, -0.05) is 6.92 Å². The van der Waals surface area contributed by atoms with Gasteiger partial charge in [-0.2, -0.15) is 0 Å². The van der Waals surface area contributed by atoms with Crippen molar-refractivity contribution in [3.63, 3.8) is 0 Å². The van der Waals surface area contributed by atoms with Crippen molar-refractivity contribution in [2.24, 2.45) is 0 Å². The molecule has 178 valence electrons. The van der Waals surface area contributed by atoms with Crippen LogP contribution in [0.4, 0.5) is 5.69 Å². The van der Waals surface area contributed by atoms with Crippen LogP contribution in [0.5, 0.6) is 0 Å². The highest BCUT2D eigenvalue weighted by Gasteiger charge is 2.17. The SMILES string of the molecule is CCC(=O)O.CCOC(=O)c1ccc(NS(=O)(=O)c2ccc3[nH]c(=O)c4[nH]ccc4c3c2)cc1. The van der Waals surface area contributed by atoms with Crippen LogP contribution in [0.25, 0.3) is 21.8 Å². The molecule has 0 spiro atoms. The summed E-state index contributed by atoms with van der Waals surface area (Å²) in [4.78, 5) is 38.8. The van der Waals surface area contributed by atoms with Crippen LogP contribution in [0.3, 0.4) is 0 Å². The van der Waals surface area contributed by atoms with Crippen molar-refractivity contribution < 1.29 is 27.9 Å². The third-order valence-corrected chi connectivity index (χ3v) is 6.14. The van der Waals surface area contributed by atoms with Gasteiger partial charge < -0.3 is 19.8 Å². The predicted octanol–water partition coefficient (Wildman–Crippen LogP) is 3.47. The Hall–Kier alpha value is -4.12. The Balaban J connectivity index is 0.000000588. The van der Waals surface area contributed by atoms with Crippen molar-refractivity contribution in [3.05, 3.63) is 70.6 Å². The molecule has 0 amide bonds. The number of hydrogen-bond acceptors (Lipinski definition) is 6. The van der Waals surface area contributed by atoms with Gasteiger partial charge in [0, 0.05) is 34.6 Å². The van der Waals surface area contributed by atoms with E-state index in [0.29, 0.717) is 33.1 Å². The Kier molecular flexibility index (Phi) is 7.37. The molecule has 0 radical (unpaired) electrons. The summed E-state index contributed by atoms with van der Waals surface area (Å²) in [7, 11) is -3.88. The second-order valence-electron chi connectivity index (χ2n) is 7.08. The van der Waals surface area contributed by atoms with Gasteiger partial charge in [-0.05, 0) is 55.5 Å². The van der Waals surface area contributed by atoms with Crippen molar-refractivity contribution in [2.75, 3.05) is 11.3 Å². The van der Waals surface area contributed by atoms with Crippen LogP contribution < -0.4 is 10.3 Å². The van der Waals surface area contributed by atoms with Crippen LogP contribution in [0, 0.1) is 0 Å². The van der Waals surface area contributed by atoms with Crippen molar-refractivity contribution in [3.8, 4) is 0 Å². The zero-order chi connectivity index (χ0) is 24.9. The minimum atomic E-state index is -3.88. The van der Waals surface area contributed by atoms with Crippen LogP contribution in [0.15, 0.2) is 64.4 Å². The molecule has 4 aromatic rings. The number of anilines is 1. The Morgan fingerprint density at radius 1 is 1.03 bits per heavy atom. The lowest BCUT2D eigenvalue weighted by Gasteiger charge is -2.10. The fraction of sp³-hybridized carbons (Fsp3) is 0.174. The van der Waals surface area contributed by atoms with Crippen molar-refractivity contribution in [1.29, 1.82) is 0 Å². The molecule has 0 bridgehead atoms. The molecule has 4 rings (SSSR count). The molecule has 2 aromatic heterocycles. The van der Waals surface area contributed by atoms with E-state index in [9.17, 15) is 22.8 Å². The number of hydrogen-bond donors (Lipinski definition) is 4. The number of carbonyl (C=O) groups is 2. The lowest BCUT2D eigenvalue weighted by molar-refractivity contribution is -0.136. The number of ether oxygens (including phenoxy) is 1. The lowest BCUT2D eigenvalue weighted by atomic mass is 10.1. The van der Waals surface area contributed by atoms with Gasteiger partial charge in [0.2, 0.25) is 0 Å². The molecule has 0 saturated carbocycles. The number of benzene rings is 2. The van der Waals surface area contributed by atoms with Crippen LogP contribution >= 0.6 is 0 Å². The Labute approximate surface area is 194 Å². The van der Waals surface area contributed by atoms with Crippen LogP contribution in [-0.2, 0) is 19.6 Å². The normalized spacial score (nSPS) is 11.0. The van der Waals surface area contributed by atoms with Crippen molar-refractivity contribution in [1.82, 2.24) is 9.97 Å². The van der Waals surface area contributed by atoms with E-state index in [1.165, 1.54) is 36.4 Å². The minimum Gasteiger partial charge on any atom is -0.481 e. The number of pyridine rings is 1. The van der Waals surface area contributed by atoms with Gasteiger partial charge >= 0.3 is 11.9 Å². The first-order valence-corrected chi connectivity index (χ1v) is 11.8. The number of rotatable bonds is 6. The van der Waals surface area contributed by atoms with Crippen LogP contribution in [0.2, 0.25) is 0 Å². The van der Waals surface area contributed by atoms with E-state index in [1.807, 2.05) is 0 Å². The zero-order valence-corrected chi connectivity index (χ0v) is 19.2. The van der Waals surface area contributed by atoms with Gasteiger partial charge in [0.15, 0.2) is 0 Å². The molecular weight excluding hydrogens is 462 g/mol. The third-order valence-electron chi connectivity index (χ3n) is 4.76. The van der Waals surface area contributed by atoms with Gasteiger partial charge in [-0.15, -0.1) is 0 Å². The highest BCUT2D eigenvalue weighted by Crippen LogP contribution is 2.25. The Morgan fingerprint density at radius 3 is 2.32 bits per heavy atom. The molecular formula is C23H23N3O7S. The number of H-pyrrole nitrogens is 2. The van der Waals surface area contributed by atoms with E-state index in [1.54, 1.807) is 32.2 Å². The first-order valence-electron chi connectivity index (χ1n) is 10.3. The first-order chi connectivity index (χ1) is 16.2. The van der Waals surface area contributed by atoms with Crippen molar-refractivity contribution >= 4 is 49.5 Å². The standard InChI is InChI=1S/C20H17N3O5S.C3H6O2/c1-2-28-20(25)12-3-5-13(6-4-12)23-29(26,27)14-7-8-17-16(11-14)15-9-10-21-18(15)19(24)22-17;1-2-3(4)5/h3-11,21,23H,2H2,1H3,(H,22,24);2H2,1H3,(H,4,5). The third kappa shape index (κ3) is 5.44. The second-order valence-corrected chi connectivity index (χ2v) is 8.76. The molecule has 11 heteroatoms. The molecule has 0 aliphatic rings. The quantitative estimate of drug-likeness (QED) is 0.304. The summed E-state index contributed by atoms with van der Waals surface area (Å²) < 4.78 is 33.1. The number of sulfonamides is 1. The fourth-order valence-electron chi connectivity index (χ4n) is 3.09. The number of nitrogens with one attached hydrogen (secondary N) is 3. The van der Waals surface area contributed by atoms with E-state index in [0.717, 1.165) is 0 Å². The maximum absolute atomic E-state index is 12.8. The molecule has 10 nitrogen and oxygen atoms in total. The van der Waals surface area contributed by atoms with Crippen LogP contribution in [0.1, 0.15) is 30.6 Å². The molecule has 0 aliphatic heterocycles. The van der Waals surface area contributed by atoms with Gasteiger partial charge in [-0.3, -0.25) is 14.3 Å². The fourth-order valence-corrected chi connectivity index (χ4v) is 4.18. The summed E-state index contributed by atoms with van der Waals surface area (Å²) in [5.74, 6) is -1.22. The van der Waals surface area contributed by atoms with E-state index in [-0.39, 0.29) is 23.5 Å². The Bertz CT molecular complexity index is 1500. The van der Waals surface area contributed by atoms with Gasteiger partial charge in [0.1, 0.15) is 5.52 Å². The maximum atomic E-state index is 12.8. The second kappa shape index (κ2) is 10.2. The molecule has 2 heterocycles. The van der Waals surface area contributed by atoms with E-state index < -0.39 is 22.0 Å². The number of aliphatic carboxylic acids is 1. The van der Waals surface area contributed by atoms with Gasteiger partial charge in [-0.25, -0.2) is 13.2 Å². The van der Waals surface area contributed by atoms with E-state index in [4.69, 9.17) is 9.84 Å². The average Bonchev–Trinajstić information content (AvgIpc) is 3.31. The largest absolute Gasteiger partial charge is 0.481 e. The molecule has 0 fully saturated rings. The molecule has 0 saturated heterocycles. The summed E-state index contributed by atoms with van der Waals surface area (Å²) in [6.07, 6.45) is 1.85. The number of aromatic nitrogens is 2. The highest BCUT2D eigenvalue weighted by molar-refractivity contribution is 7.92. The number of carboxylic acid groups (broad SMARTS) is 1. The van der Waals surface area contributed by atoms with E-state index >= 15 is 0 Å². The Morgan fingerprint density at radius 2 is 1.71 bits per heavy atom. The summed E-state index contributed by atoms with van der Waals surface area (Å²) in [5, 5.41) is 8.97. The van der Waals surface area contributed by atoms with Crippen molar-refractivity contribution in [2.45, 2.75) is 25.2 Å². The minimum absolute atomic E-state index is 0.0500. The predicted molar refractivity (Wildman–Crippen MR) is 128 cm³/mol. The lowest BCUT2D eigenvalue weighted by Crippen LogP contribution is -2.13. The molecule has 0 unspecified atom stereocenters. The van der Waals surface area contributed by atoms with Gasteiger partial charge in [0.05, 0.1) is 17.1 Å². The number of carboxylic acids is 1. The highest BCUT2D eigenvalue weighted by atomic mass is 32.2. The summed E-state index contributed by atoms with van der Waals surface area (Å²) in [5.41, 5.74) is 1.30. The summed E-state index contributed by atoms with van der Waals surface area (Å²) in [6.45, 7) is 3.57. The number of aromatic amines is 2. The topological polar surface area (TPSA) is 158 Å². The monoisotopic (exact) mass is 485 g/mol. The number of esters is 1. The zero-order valence-electron chi connectivity index (χ0n) is 18.4. The molecule has 4 N–H and O–H groups in total.